The normalized spacial score (nSPS) is 16.7. The third kappa shape index (κ3) is 3.99. The Morgan fingerprint density at radius 3 is 2.62 bits per heavy atom. The van der Waals surface area contributed by atoms with E-state index in [2.05, 4.69) is 15.4 Å². The highest BCUT2D eigenvalue weighted by atomic mass is 19.1. The van der Waals surface area contributed by atoms with Crippen LogP contribution < -0.4 is 5.32 Å². The minimum Gasteiger partial charge on any atom is -0.355 e. The Labute approximate surface area is 141 Å². The highest BCUT2D eigenvalue weighted by Gasteiger charge is 2.34. The molecule has 1 saturated carbocycles. The number of aryl methyl sites for hydroxylation is 1. The minimum atomic E-state index is -0.221. The van der Waals surface area contributed by atoms with E-state index in [-0.39, 0.29) is 17.1 Å². The molecule has 5 nitrogen and oxygen atoms in total. The van der Waals surface area contributed by atoms with Crippen molar-refractivity contribution in [3.05, 3.63) is 48.3 Å². The number of aromatic nitrogens is 3. The van der Waals surface area contributed by atoms with Crippen LogP contribution in [-0.4, -0.2) is 27.2 Å². The van der Waals surface area contributed by atoms with Crippen LogP contribution in [0.4, 0.5) is 4.39 Å². The topological polar surface area (TPSA) is 59.8 Å². The molecular formula is C18H23FN4O. The van der Waals surface area contributed by atoms with E-state index in [1.165, 1.54) is 24.9 Å². The fourth-order valence-electron chi connectivity index (χ4n) is 3.52. The van der Waals surface area contributed by atoms with Crippen molar-refractivity contribution in [2.75, 3.05) is 6.54 Å². The van der Waals surface area contributed by atoms with E-state index in [9.17, 15) is 9.18 Å². The minimum absolute atomic E-state index is 0.0116. The summed E-state index contributed by atoms with van der Waals surface area (Å²) in [5.41, 5.74) is 1.05. The fourth-order valence-corrected chi connectivity index (χ4v) is 3.52. The first-order chi connectivity index (χ1) is 11.7. The quantitative estimate of drug-likeness (QED) is 0.886. The number of rotatable bonds is 6. The van der Waals surface area contributed by atoms with Gasteiger partial charge >= 0.3 is 0 Å². The van der Waals surface area contributed by atoms with Crippen LogP contribution in [0.15, 0.2) is 36.9 Å². The number of hydrogen-bond acceptors (Lipinski definition) is 3. The van der Waals surface area contributed by atoms with Crippen molar-refractivity contribution in [2.45, 2.75) is 50.5 Å². The van der Waals surface area contributed by atoms with Crippen molar-refractivity contribution in [1.82, 2.24) is 20.1 Å². The lowest BCUT2D eigenvalue weighted by Gasteiger charge is -2.38. The average molecular weight is 330 g/mol. The van der Waals surface area contributed by atoms with Crippen LogP contribution in [0.2, 0.25) is 0 Å². The second-order valence-corrected chi connectivity index (χ2v) is 6.53. The molecule has 128 valence electrons. The van der Waals surface area contributed by atoms with Crippen molar-refractivity contribution in [2.24, 2.45) is 0 Å². The number of nitrogens with one attached hydrogen (secondary N) is 1. The summed E-state index contributed by atoms with van der Waals surface area (Å²) < 4.78 is 14.9. The highest BCUT2D eigenvalue weighted by Crippen LogP contribution is 2.39. The van der Waals surface area contributed by atoms with Crippen LogP contribution in [0.1, 0.15) is 44.1 Å². The smallest absolute Gasteiger partial charge is 0.221 e. The molecule has 1 amide bonds. The first-order valence-corrected chi connectivity index (χ1v) is 8.53. The Hall–Kier alpha value is -2.24. The van der Waals surface area contributed by atoms with Gasteiger partial charge in [-0.1, -0.05) is 31.4 Å². The van der Waals surface area contributed by atoms with E-state index in [1.54, 1.807) is 11.0 Å². The molecule has 1 fully saturated rings. The zero-order valence-corrected chi connectivity index (χ0v) is 13.7. The Morgan fingerprint density at radius 1 is 1.21 bits per heavy atom. The Balaban J connectivity index is 1.62. The maximum absolute atomic E-state index is 13.2. The number of amides is 1. The molecule has 1 heterocycles. The van der Waals surface area contributed by atoms with Gasteiger partial charge in [0.25, 0.3) is 0 Å². The number of halogens is 1. The van der Waals surface area contributed by atoms with Gasteiger partial charge in [-0.05, 0) is 30.5 Å². The first-order valence-electron chi connectivity index (χ1n) is 8.53. The number of carbonyl (C=O) groups excluding carboxylic acids is 1. The van der Waals surface area contributed by atoms with E-state index in [4.69, 9.17) is 0 Å². The fraction of sp³-hybridized carbons (Fsp3) is 0.500. The summed E-state index contributed by atoms with van der Waals surface area (Å²) in [6.07, 6.45) is 9.02. The monoisotopic (exact) mass is 330 g/mol. The van der Waals surface area contributed by atoms with Gasteiger partial charge in [0, 0.05) is 18.4 Å². The third-order valence-corrected chi connectivity index (χ3v) is 4.93. The number of benzene rings is 1. The molecule has 0 saturated heterocycles. The van der Waals surface area contributed by atoms with E-state index in [1.807, 2.05) is 12.1 Å². The molecule has 0 unspecified atom stereocenters. The van der Waals surface area contributed by atoms with Gasteiger partial charge in [0.1, 0.15) is 18.5 Å². The molecule has 1 N–H and O–H groups in total. The molecule has 1 aliphatic carbocycles. The van der Waals surface area contributed by atoms with Gasteiger partial charge in [0.15, 0.2) is 0 Å². The van der Waals surface area contributed by atoms with Gasteiger partial charge in [0.2, 0.25) is 5.91 Å². The molecule has 0 atom stereocenters. The predicted molar refractivity (Wildman–Crippen MR) is 88.8 cm³/mol. The molecule has 1 aliphatic rings. The Morgan fingerprint density at radius 2 is 1.96 bits per heavy atom. The Bertz CT molecular complexity index is 648. The molecule has 0 spiro atoms. The zero-order chi connectivity index (χ0) is 16.8. The van der Waals surface area contributed by atoms with Crippen molar-refractivity contribution in [3.8, 4) is 0 Å². The Kier molecular flexibility index (Phi) is 5.23. The molecule has 24 heavy (non-hydrogen) atoms. The van der Waals surface area contributed by atoms with Crippen molar-refractivity contribution in [1.29, 1.82) is 0 Å². The lowest BCUT2D eigenvalue weighted by molar-refractivity contribution is -0.121. The summed E-state index contributed by atoms with van der Waals surface area (Å²) in [5.74, 6) is -0.209. The van der Waals surface area contributed by atoms with Gasteiger partial charge in [-0.25, -0.2) is 9.37 Å². The van der Waals surface area contributed by atoms with E-state index < -0.39 is 0 Å². The van der Waals surface area contributed by atoms with Crippen molar-refractivity contribution >= 4 is 5.91 Å². The standard InChI is InChI=1S/C18H23FN4O/c19-16-6-4-15(5-7-16)18(9-2-1-3-10-18)12-21-17(24)8-11-23-14-20-13-22-23/h4-7,13-14H,1-3,8-12H2,(H,21,24). The second kappa shape index (κ2) is 7.55. The molecule has 1 aromatic carbocycles. The van der Waals surface area contributed by atoms with Gasteiger partial charge in [-0.15, -0.1) is 0 Å². The lowest BCUT2D eigenvalue weighted by atomic mass is 9.69. The first kappa shape index (κ1) is 16.6. The SMILES string of the molecule is O=C(CCn1cncn1)NCC1(c2ccc(F)cc2)CCCCC1. The summed E-state index contributed by atoms with van der Waals surface area (Å²) >= 11 is 0. The summed E-state index contributed by atoms with van der Waals surface area (Å²) in [7, 11) is 0. The van der Waals surface area contributed by atoms with Crippen molar-refractivity contribution in [3.63, 3.8) is 0 Å². The van der Waals surface area contributed by atoms with Crippen LogP contribution in [0.3, 0.4) is 0 Å². The molecule has 3 rings (SSSR count). The van der Waals surface area contributed by atoms with Crippen molar-refractivity contribution < 1.29 is 9.18 Å². The largest absolute Gasteiger partial charge is 0.355 e. The van der Waals surface area contributed by atoms with E-state index in [0.717, 1.165) is 31.2 Å². The number of nitrogens with zero attached hydrogens (tertiary/aromatic N) is 3. The van der Waals surface area contributed by atoms with Crippen LogP contribution in [0, 0.1) is 5.82 Å². The number of carbonyl (C=O) groups is 1. The third-order valence-electron chi connectivity index (χ3n) is 4.93. The molecule has 0 aliphatic heterocycles. The van der Waals surface area contributed by atoms with Crippen LogP contribution in [0.25, 0.3) is 0 Å². The molecule has 6 heteroatoms. The zero-order valence-electron chi connectivity index (χ0n) is 13.7. The average Bonchev–Trinajstić information content (AvgIpc) is 3.13. The van der Waals surface area contributed by atoms with Gasteiger partial charge in [-0.3, -0.25) is 9.48 Å². The molecule has 0 radical (unpaired) electrons. The molecular weight excluding hydrogens is 307 g/mol. The number of hydrogen-bond donors (Lipinski definition) is 1. The summed E-state index contributed by atoms with van der Waals surface area (Å²) in [5, 5.41) is 7.07. The van der Waals surface area contributed by atoms with Gasteiger partial charge in [0.05, 0.1) is 6.54 Å². The lowest BCUT2D eigenvalue weighted by Crippen LogP contribution is -2.42. The maximum atomic E-state index is 13.2. The van der Waals surface area contributed by atoms with Crippen LogP contribution in [-0.2, 0) is 16.8 Å². The summed E-state index contributed by atoms with van der Waals surface area (Å²) in [6, 6.07) is 6.75. The summed E-state index contributed by atoms with van der Waals surface area (Å²) in [6.45, 7) is 1.13. The van der Waals surface area contributed by atoms with Gasteiger partial charge in [-0.2, -0.15) is 5.10 Å². The van der Waals surface area contributed by atoms with Crippen LogP contribution in [0.5, 0.6) is 0 Å². The molecule has 0 bridgehead atoms. The predicted octanol–water partition coefficient (Wildman–Crippen LogP) is 2.83. The van der Waals surface area contributed by atoms with E-state index >= 15 is 0 Å². The van der Waals surface area contributed by atoms with Crippen LogP contribution >= 0.6 is 0 Å². The van der Waals surface area contributed by atoms with Gasteiger partial charge < -0.3 is 5.32 Å². The molecule has 1 aromatic heterocycles. The summed E-state index contributed by atoms with van der Waals surface area (Å²) in [4.78, 5) is 16.0. The molecule has 2 aromatic rings. The second-order valence-electron chi connectivity index (χ2n) is 6.53. The maximum Gasteiger partial charge on any atom is 0.221 e. The highest BCUT2D eigenvalue weighted by molar-refractivity contribution is 5.75. The van der Waals surface area contributed by atoms with E-state index in [0.29, 0.717) is 19.5 Å².